The first-order valence-corrected chi connectivity index (χ1v) is 17.4. The smallest absolute Gasteiger partial charge is 0.450 e. The van der Waals surface area contributed by atoms with E-state index in [0.717, 1.165) is 32.1 Å². The van der Waals surface area contributed by atoms with E-state index in [-0.39, 0.29) is 6.10 Å². The van der Waals surface area contributed by atoms with Gasteiger partial charge in [-0.3, -0.25) is 0 Å². The van der Waals surface area contributed by atoms with Crippen molar-refractivity contribution in [3.8, 4) is 0 Å². The lowest BCUT2D eigenvalue weighted by Crippen LogP contribution is -2.16. The number of unbranched alkanes of at least 4 members (excludes halogenated alkanes) is 20. The summed E-state index contributed by atoms with van der Waals surface area (Å²) in [5.41, 5.74) is 0. The fourth-order valence-electron chi connectivity index (χ4n) is 5.33. The third-order valence-electron chi connectivity index (χ3n) is 7.88. The Morgan fingerprint density at radius 3 is 1.43 bits per heavy atom. The van der Waals surface area contributed by atoms with Gasteiger partial charge in [-0.1, -0.05) is 134 Å². The van der Waals surface area contributed by atoms with Crippen LogP contribution in [0.3, 0.4) is 0 Å². The molecule has 1 unspecified atom stereocenters. The quantitative estimate of drug-likeness (QED) is 0.0517. The van der Waals surface area contributed by atoms with E-state index in [9.17, 15) is 4.79 Å². The van der Waals surface area contributed by atoms with Crippen molar-refractivity contribution in [3.63, 3.8) is 0 Å². The number of carbonyl (C=O) groups is 1. The molecule has 0 aromatic rings. The maximum atomic E-state index is 11.1. The van der Waals surface area contributed by atoms with Crippen molar-refractivity contribution >= 4 is 6.16 Å². The normalized spacial score (nSPS) is 12.7. The van der Waals surface area contributed by atoms with Gasteiger partial charge in [0.05, 0.1) is 0 Å². The van der Waals surface area contributed by atoms with Crippen LogP contribution in [0, 0.1) is 0 Å². The van der Waals surface area contributed by atoms with Crippen LogP contribution < -0.4 is 0 Å². The number of carboxylic acid groups (broad SMARTS) is 1. The average Bonchev–Trinajstić information content (AvgIpc) is 2.92. The number of nitrogens with zero attached hydrogens (tertiary/aromatic N) is 1. The van der Waals surface area contributed by atoms with Gasteiger partial charge in [0.25, 0.3) is 0 Å². The summed E-state index contributed by atoms with van der Waals surface area (Å²) in [5, 5.41) is 9.11. The molecule has 0 aliphatic heterocycles. The van der Waals surface area contributed by atoms with Gasteiger partial charge in [-0.05, 0) is 84.8 Å². The highest BCUT2D eigenvalue weighted by molar-refractivity contribution is 5.57. The fraction of sp³-hybridized carbons (Fsp3) is 0.861. The predicted molar refractivity (Wildman–Crippen MR) is 175 cm³/mol. The molecule has 0 aliphatic rings. The summed E-state index contributed by atoms with van der Waals surface area (Å²) in [6, 6.07) is 0. The minimum atomic E-state index is -1.11. The largest absolute Gasteiger partial charge is 0.506 e. The molecular formula is C36H69NO3. The lowest BCUT2D eigenvalue weighted by molar-refractivity contribution is 0.0422. The van der Waals surface area contributed by atoms with Crippen LogP contribution in [0.15, 0.2) is 24.3 Å². The standard InChI is InChI=1S/C36H69NO3/c1-4-5-6-7-8-9-10-11-12-13-14-15-17-20-23-26-29-32-35(40-36(38)39)33-30-27-24-21-18-16-19-22-25-28-31-34-37(2)3/h8-9,11-12,35H,4-7,10,13-34H2,1-3H3,(H,38,39)/b9-8-,12-11-. The molecule has 0 spiro atoms. The highest BCUT2D eigenvalue weighted by Crippen LogP contribution is 2.18. The van der Waals surface area contributed by atoms with Crippen molar-refractivity contribution in [1.82, 2.24) is 4.90 Å². The molecule has 0 aromatic heterocycles. The van der Waals surface area contributed by atoms with Crippen molar-refractivity contribution in [1.29, 1.82) is 0 Å². The third-order valence-corrected chi connectivity index (χ3v) is 7.88. The zero-order valence-electron chi connectivity index (χ0n) is 27.2. The zero-order valence-corrected chi connectivity index (χ0v) is 27.2. The van der Waals surface area contributed by atoms with E-state index in [1.807, 2.05) is 0 Å². The first kappa shape index (κ1) is 38.7. The molecule has 4 heteroatoms. The minimum Gasteiger partial charge on any atom is -0.450 e. The van der Waals surface area contributed by atoms with E-state index < -0.39 is 6.16 Å². The predicted octanol–water partition coefficient (Wildman–Crippen LogP) is 11.9. The van der Waals surface area contributed by atoms with E-state index in [1.54, 1.807) is 0 Å². The molecule has 0 saturated heterocycles. The first-order valence-electron chi connectivity index (χ1n) is 17.4. The summed E-state index contributed by atoms with van der Waals surface area (Å²) in [4.78, 5) is 13.4. The molecule has 0 fully saturated rings. The SMILES string of the molecule is CCCCC/C=C\C/C=C\CCCCCCCCCC(CCCCCCCCCCCCCN(C)C)OC(=O)O. The van der Waals surface area contributed by atoms with Crippen molar-refractivity contribution in [2.24, 2.45) is 0 Å². The first-order chi connectivity index (χ1) is 19.6. The van der Waals surface area contributed by atoms with Crippen LogP contribution in [0.5, 0.6) is 0 Å². The van der Waals surface area contributed by atoms with E-state index >= 15 is 0 Å². The molecule has 0 amide bonds. The number of hydrogen-bond acceptors (Lipinski definition) is 3. The number of rotatable bonds is 31. The highest BCUT2D eigenvalue weighted by Gasteiger charge is 2.13. The zero-order chi connectivity index (χ0) is 29.4. The lowest BCUT2D eigenvalue weighted by Gasteiger charge is -2.16. The minimum absolute atomic E-state index is 0.108. The molecule has 0 radical (unpaired) electrons. The van der Waals surface area contributed by atoms with Crippen LogP contribution in [0.4, 0.5) is 4.79 Å². The van der Waals surface area contributed by atoms with E-state index in [4.69, 9.17) is 9.84 Å². The fourth-order valence-corrected chi connectivity index (χ4v) is 5.33. The summed E-state index contributed by atoms with van der Waals surface area (Å²) >= 11 is 0. The highest BCUT2D eigenvalue weighted by atomic mass is 16.7. The van der Waals surface area contributed by atoms with Crippen LogP contribution in [0.1, 0.15) is 174 Å². The lowest BCUT2D eigenvalue weighted by atomic mass is 10.0. The molecule has 0 saturated carbocycles. The number of allylic oxidation sites excluding steroid dienone is 4. The van der Waals surface area contributed by atoms with Crippen LogP contribution in [0.25, 0.3) is 0 Å². The Balaban J connectivity index is 3.56. The Bertz CT molecular complexity index is 572. The summed E-state index contributed by atoms with van der Waals surface area (Å²) in [5.74, 6) is 0. The molecule has 0 bridgehead atoms. The summed E-state index contributed by atoms with van der Waals surface area (Å²) in [6.07, 6.45) is 40.5. The molecule has 1 atom stereocenters. The Morgan fingerprint density at radius 2 is 1.00 bits per heavy atom. The van der Waals surface area contributed by atoms with E-state index in [1.165, 1.54) is 141 Å². The molecule has 0 rings (SSSR count). The van der Waals surface area contributed by atoms with Gasteiger partial charge in [-0.25, -0.2) is 4.79 Å². The van der Waals surface area contributed by atoms with Gasteiger partial charge in [0.1, 0.15) is 6.10 Å². The van der Waals surface area contributed by atoms with Crippen LogP contribution >= 0.6 is 0 Å². The van der Waals surface area contributed by atoms with Gasteiger partial charge in [0, 0.05) is 0 Å². The second-order valence-electron chi connectivity index (χ2n) is 12.2. The molecule has 0 aromatic carbocycles. The van der Waals surface area contributed by atoms with E-state index in [2.05, 4.69) is 50.2 Å². The Hall–Kier alpha value is -1.29. The van der Waals surface area contributed by atoms with Crippen molar-refractivity contribution in [3.05, 3.63) is 24.3 Å². The van der Waals surface area contributed by atoms with Crippen LogP contribution in [-0.4, -0.2) is 42.9 Å². The molecule has 0 aliphatic carbocycles. The topological polar surface area (TPSA) is 49.8 Å². The van der Waals surface area contributed by atoms with Gasteiger partial charge in [-0.2, -0.15) is 0 Å². The second-order valence-corrected chi connectivity index (χ2v) is 12.2. The van der Waals surface area contributed by atoms with Gasteiger partial charge in [-0.15, -0.1) is 0 Å². The van der Waals surface area contributed by atoms with Gasteiger partial charge in [0.2, 0.25) is 0 Å². The summed E-state index contributed by atoms with van der Waals surface area (Å²) in [6.45, 7) is 3.47. The summed E-state index contributed by atoms with van der Waals surface area (Å²) in [7, 11) is 4.30. The second kappa shape index (κ2) is 32.2. The Labute approximate surface area is 250 Å². The maximum Gasteiger partial charge on any atom is 0.506 e. The summed E-state index contributed by atoms with van der Waals surface area (Å²) < 4.78 is 5.20. The van der Waals surface area contributed by atoms with Crippen molar-refractivity contribution < 1.29 is 14.6 Å². The third kappa shape index (κ3) is 32.9. The average molecular weight is 564 g/mol. The monoisotopic (exact) mass is 564 g/mol. The Kier molecular flexibility index (Phi) is 31.2. The van der Waals surface area contributed by atoms with Crippen molar-refractivity contribution in [2.45, 2.75) is 180 Å². The maximum absolute atomic E-state index is 11.1. The van der Waals surface area contributed by atoms with Gasteiger partial charge < -0.3 is 14.7 Å². The molecular weight excluding hydrogens is 494 g/mol. The molecule has 40 heavy (non-hydrogen) atoms. The van der Waals surface area contributed by atoms with E-state index in [0.29, 0.717) is 0 Å². The molecule has 0 heterocycles. The van der Waals surface area contributed by atoms with Gasteiger partial charge >= 0.3 is 6.16 Å². The number of hydrogen-bond donors (Lipinski definition) is 1. The number of ether oxygens (including phenoxy) is 1. The van der Waals surface area contributed by atoms with Gasteiger partial charge in [0.15, 0.2) is 0 Å². The van der Waals surface area contributed by atoms with Crippen LogP contribution in [-0.2, 0) is 4.74 Å². The van der Waals surface area contributed by atoms with Crippen molar-refractivity contribution in [2.75, 3.05) is 20.6 Å². The van der Waals surface area contributed by atoms with Crippen LogP contribution in [0.2, 0.25) is 0 Å². The molecule has 1 N–H and O–H groups in total. The molecule has 4 nitrogen and oxygen atoms in total. The molecule has 236 valence electrons. The Morgan fingerprint density at radius 1 is 0.600 bits per heavy atom.